The zero-order chi connectivity index (χ0) is 15.0. The lowest BCUT2D eigenvalue weighted by Gasteiger charge is -2.28. The molecule has 20 heavy (non-hydrogen) atoms. The van der Waals surface area contributed by atoms with Gasteiger partial charge in [-0.2, -0.15) is 0 Å². The zero-order valence-electron chi connectivity index (χ0n) is 12.4. The number of ether oxygens (including phenoxy) is 2. The summed E-state index contributed by atoms with van der Waals surface area (Å²) in [6.07, 6.45) is 0.690. The first kappa shape index (κ1) is 14.7. The fraction of sp³-hybridized carbons (Fsp3) is 0.533. The molecule has 5 nitrogen and oxygen atoms in total. The van der Waals surface area contributed by atoms with Gasteiger partial charge in [0.25, 0.3) is 0 Å². The van der Waals surface area contributed by atoms with E-state index in [2.05, 4.69) is 5.16 Å². The number of para-hydroxylation sites is 1. The lowest BCUT2D eigenvalue weighted by atomic mass is 9.97. The summed E-state index contributed by atoms with van der Waals surface area (Å²) in [6, 6.07) is 7.25. The quantitative estimate of drug-likeness (QED) is 0.385. The molecule has 0 radical (unpaired) electrons. The molecule has 1 saturated heterocycles. The lowest BCUT2D eigenvalue weighted by Crippen LogP contribution is -2.37. The molecule has 0 amide bonds. The molecule has 2 rings (SSSR count). The van der Waals surface area contributed by atoms with Crippen LogP contribution in [-0.4, -0.2) is 28.3 Å². The van der Waals surface area contributed by atoms with Crippen LogP contribution in [0.1, 0.15) is 39.7 Å². The SMILES string of the molecule is CC1(C)CC(Oc2ccccc2/C(N)=N/O)C(C)(C)O1. The Hall–Kier alpha value is -1.75. The van der Waals surface area contributed by atoms with E-state index in [4.69, 9.17) is 20.4 Å². The molecule has 110 valence electrons. The molecule has 1 heterocycles. The Labute approximate surface area is 119 Å². The Kier molecular flexibility index (Phi) is 3.65. The van der Waals surface area contributed by atoms with E-state index in [0.29, 0.717) is 11.3 Å². The van der Waals surface area contributed by atoms with Crippen LogP contribution in [-0.2, 0) is 4.74 Å². The summed E-state index contributed by atoms with van der Waals surface area (Å²) in [5, 5.41) is 11.9. The first-order valence-corrected chi connectivity index (χ1v) is 6.69. The second-order valence-corrected chi connectivity index (χ2v) is 6.26. The summed E-state index contributed by atoms with van der Waals surface area (Å²) in [5.74, 6) is 0.638. The van der Waals surface area contributed by atoms with Gasteiger partial charge in [0.1, 0.15) is 17.5 Å². The minimum Gasteiger partial charge on any atom is -0.487 e. The first-order valence-electron chi connectivity index (χ1n) is 6.69. The standard InChI is InChI=1S/C15H22N2O3/c1-14(2)9-12(15(3,4)20-14)19-11-8-6-5-7-10(11)13(16)17-18/h5-8,12,18H,9H2,1-4H3,(H2,16,17). The number of nitrogens with zero attached hydrogens (tertiary/aromatic N) is 1. The number of nitrogens with two attached hydrogens (primary N) is 1. The van der Waals surface area contributed by atoms with Crippen LogP contribution in [0.4, 0.5) is 0 Å². The fourth-order valence-electron chi connectivity index (χ4n) is 2.68. The molecular formula is C15H22N2O3. The van der Waals surface area contributed by atoms with Gasteiger partial charge in [-0.05, 0) is 39.8 Å². The van der Waals surface area contributed by atoms with Crippen molar-refractivity contribution in [2.75, 3.05) is 0 Å². The largest absolute Gasteiger partial charge is 0.487 e. The Balaban J connectivity index is 2.27. The molecule has 1 aromatic rings. The van der Waals surface area contributed by atoms with E-state index in [9.17, 15) is 0 Å². The van der Waals surface area contributed by atoms with Crippen molar-refractivity contribution in [2.45, 2.75) is 51.4 Å². The van der Waals surface area contributed by atoms with Crippen molar-refractivity contribution in [1.82, 2.24) is 0 Å². The predicted octanol–water partition coefficient (Wildman–Crippen LogP) is 2.51. The number of hydrogen-bond acceptors (Lipinski definition) is 4. The highest BCUT2D eigenvalue weighted by Crippen LogP contribution is 2.39. The molecule has 1 aliphatic heterocycles. The van der Waals surface area contributed by atoms with Gasteiger partial charge >= 0.3 is 0 Å². The topological polar surface area (TPSA) is 77.1 Å². The third-order valence-corrected chi connectivity index (χ3v) is 3.53. The van der Waals surface area contributed by atoms with Gasteiger partial charge in [-0.15, -0.1) is 0 Å². The van der Waals surface area contributed by atoms with Gasteiger partial charge in [-0.1, -0.05) is 17.3 Å². The molecule has 0 spiro atoms. The van der Waals surface area contributed by atoms with Crippen molar-refractivity contribution >= 4 is 5.84 Å². The second-order valence-electron chi connectivity index (χ2n) is 6.26. The third kappa shape index (κ3) is 2.88. The van der Waals surface area contributed by atoms with E-state index in [0.717, 1.165) is 6.42 Å². The van der Waals surface area contributed by atoms with E-state index in [1.165, 1.54) is 0 Å². The third-order valence-electron chi connectivity index (χ3n) is 3.53. The Morgan fingerprint density at radius 1 is 1.35 bits per heavy atom. The van der Waals surface area contributed by atoms with Gasteiger partial charge in [0.15, 0.2) is 5.84 Å². The number of rotatable bonds is 3. The normalized spacial score (nSPS) is 24.6. The molecule has 0 saturated carbocycles. The molecule has 1 aliphatic rings. The van der Waals surface area contributed by atoms with Crippen LogP contribution < -0.4 is 10.5 Å². The molecule has 1 unspecified atom stereocenters. The van der Waals surface area contributed by atoms with E-state index < -0.39 is 0 Å². The monoisotopic (exact) mass is 278 g/mol. The van der Waals surface area contributed by atoms with E-state index in [-0.39, 0.29) is 23.1 Å². The van der Waals surface area contributed by atoms with Gasteiger partial charge in [0.05, 0.1) is 11.2 Å². The minimum absolute atomic E-state index is 0.0385. The highest BCUT2D eigenvalue weighted by atomic mass is 16.6. The molecule has 3 N–H and O–H groups in total. The number of amidine groups is 1. The molecule has 0 bridgehead atoms. The number of oxime groups is 1. The Morgan fingerprint density at radius 2 is 2.00 bits per heavy atom. The van der Waals surface area contributed by atoms with E-state index in [1.807, 2.05) is 45.9 Å². The number of hydrogen-bond donors (Lipinski definition) is 2. The molecule has 1 fully saturated rings. The second kappa shape index (κ2) is 4.98. The average Bonchev–Trinajstić information content (AvgIpc) is 2.57. The van der Waals surface area contributed by atoms with Gasteiger partial charge in [0.2, 0.25) is 0 Å². The molecule has 1 aromatic carbocycles. The summed E-state index contributed by atoms with van der Waals surface area (Å²) < 4.78 is 12.1. The zero-order valence-corrected chi connectivity index (χ0v) is 12.4. The van der Waals surface area contributed by atoms with Crippen molar-refractivity contribution in [1.29, 1.82) is 0 Å². The maximum absolute atomic E-state index is 8.84. The van der Waals surface area contributed by atoms with Crippen molar-refractivity contribution in [3.8, 4) is 5.75 Å². The summed E-state index contributed by atoms with van der Waals surface area (Å²) in [5.41, 5.74) is 5.65. The summed E-state index contributed by atoms with van der Waals surface area (Å²) >= 11 is 0. The number of benzene rings is 1. The first-order chi connectivity index (χ1) is 9.25. The lowest BCUT2D eigenvalue weighted by molar-refractivity contribution is -0.0846. The fourth-order valence-corrected chi connectivity index (χ4v) is 2.68. The van der Waals surface area contributed by atoms with Crippen molar-refractivity contribution < 1.29 is 14.7 Å². The van der Waals surface area contributed by atoms with Crippen LogP contribution in [0, 0.1) is 0 Å². The van der Waals surface area contributed by atoms with Crippen LogP contribution in [0.2, 0.25) is 0 Å². The highest BCUT2D eigenvalue weighted by Gasteiger charge is 2.47. The molecule has 1 atom stereocenters. The van der Waals surface area contributed by atoms with Crippen LogP contribution in [0.25, 0.3) is 0 Å². The van der Waals surface area contributed by atoms with Gasteiger partial charge < -0.3 is 20.4 Å². The van der Waals surface area contributed by atoms with E-state index >= 15 is 0 Å². The van der Waals surface area contributed by atoms with Gasteiger partial charge in [0, 0.05) is 6.42 Å². The predicted molar refractivity (Wildman–Crippen MR) is 77.2 cm³/mol. The smallest absolute Gasteiger partial charge is 0.173 e. The van der Waals surface area contributed by atoms with Gasteiger partial charge in [-0.3, -0.25) is 0 Å². The maximum atomic E-state index is 8.84. The molecule has 0 aliphatic carbocycles. The average molecular weight is 278 g/mol. The highest BCUT2D eigenvalue weighted by molar-refractivity contribution is 5.99. The van der Waals surface area contributed by atoms with Crippen molar-refractivity contribution in [3.63, 3.8) is 0 Å². The van der Waals surface area contributed by atoms with Crippen LogP contribution in [0.3, 0.4) is 0 Å². The molecular weight excluding hydrogens is 256 g/mol. The Morgan fingerprint density at radius 3 is 2.55 bits per heavy atom. The van der Waals surface area contributed by atoms with Crippen molar-refractivity contribution in [2.24, 2.45) is 10.9 Å². The van der Waals surface area contributed by atoms with Crippen LogP contribution >= 0.6 is 0 Å². The summed E-state index contributed by atoms with van der Waals surface area (Å²) in [7, 11) is 0. The maximum Gasteiger partial charge on any atom is 0.173 e. The van der Waals surface area contributed by atoms with Gasteiger partial charge in [-0.25, -0.2) is 0 Å². The molecule has 0 aromatic heterocycles. The minimum atomic E-state index is -0.387. The summed E-state index contributed by atoms with van der Waals surface area (Å²) in [6.45, 7) is 8.12. The van der Waals surface area contributed by atoms with Crippen molar-refractivity contribution in [3.05, 3.63) is 29.8 Å². The van der Waals surface area contributed by atoms with Crippen LogP contribution in [0.15, 0.2) is 29.4 Å². The van der Waals surface area contributed by atoms with E-state index in [1.54, 1.807) is 6.07 Å². The Bertz CT molecular complexity index is 524. The molecule has 5 heteroatoms. The van der Waals surface area contributed by atoms with Crippen LogP contribution in [0.5, 0.6) is 5.75 Å². The summed E-state index contributed by atoms with van der Waals surface area (Å²) in [4.78, 5) is 0.